The molecule has 0 aliphatic carbocycles. The van der Waals surface area contributed by atoms with Crippen molar-refractivity contribution in [3.05, 3.63) is 12.2 Å². The maximum Gasteiger partial charge on any atom is 0.305 e. The summed E-state index contributed by atoms with van der Waals surface area (Å²) in [6.45, 7) is 5.17. The molecule has 0 saturated carbocycles. The molecule has 0 N–H and O–H groups in total. The number of ether oxygens (including phenoxy) is 1. The quantitative estimate of drug-likeness (QED) is 0.0744. The summed E-state index contributed by atoms with van der Waals surface area (Å²) in [6.07, 6.45) is 35.3. The van der Waals surface area contributed by atoms with Gasteiger partial charge in [-0.2, -0.15) is 0 Å². The normalized spacial score (nSPS) is 11.4. The van der Waals surface area contributed by atoms with Crippen molar-refractivity contribution in [2.24, 2.45) is 0 Å². The third kappa shape index (κ3) is 27.2. The minimum atomic E-state index is 0.0161. The smallest absolute Gasteiger partial charge is 0.305 e. The average Bonchev–Trinajstić information content (AvgIpc) is 2.80. The summed E-state index contributed by atoms with van der Waals surface area (Å²) in [5.74, 6) is 0.0161. The van der Waals surface area contributed by atoms with E-state index in [9.17, 15) is 4.79 Å². The molecular formula is C30H58O2. The first-order valence-corrected chi connectivity index (χ1v) is 14.6. The van der Waals surface area contributed by atoms with Gasteiger partial charge in [0.25, 0.3) is 0 Å². The average molecular weight is 451 g/mol. The molecule has 0 aliphatic heterocycles. The van der Waals surface area contributed by atoms with E-state index in [-0.39, 0.29) is 5.97 Å². The molecule has 0 aliphatic rings. The molecule has 32 heavy (non-hydrogen) atoms. The molecule has 0 aromatic carbocycles. The Bertz CT molecular complexity index is 388. The first-order valence-electron chi connectivity index (χ1n) is 14.6. The summed E-state index contributed by atoms with van der Waals surface area (Å²) < 4.78 is 5.39. The van der Waals surface area contributed by atoms with Gasteiger partial charge in [-0.1, -0.05) is 135 Å². The summed E-state index contributed by atoms with van der Waals surface area (Å²) in [6, 6.07) is 0. The van der Waals surface area contributed by atoms with Crippen LogP contribution in [0.5, 0.6) is 0 Å². The number of allylic oxidation sites excluding steroid dienone is 2. The van der Waals surface area contributed by atoms with E-state index in [0.29, 0.717) is 13.0 Å². The first kappa shape index (κ1) is 31.2. The molecule has 0 fully saturated rings. The fraction of sp³-hybridized carbons (Fsp3) is 0.900. The molecular weight excluding hydrogens is 392 g/mol. The monoisotopic (exact) mass is 450 g/mol. The second-order valence-electron chi connectivity index (χ2n) is 9.74. The van der Waals surface area contributed by atoms with Gasteiger partial charge in [0.15, 0.2) is 0 Å². The fourth-order valence-corrected chi connectivity index (χ4v) is 4.19. The van der Waals surface area contributed by atoms with Crippen LogP contribution in [0, 0.1) is 0 Å². The van der Waals surface area contributed by atoms with Crippen LogP contribution in [0.2, 0.25) is 0 Å². The molecule has 0 heterocycles. The Morgan fingerprint density at radius 1 is 0.500 bits per heavy atom. The van der Waals surface area contributed by atoms with Gasteiger partial charge in [0.1, 0.15) is 0 Å². The van der Waals surface area contributed by atoms with Gasteiger partial charge in [-0.3, -0.25) is 4.79 Å². The van der Waals surface area contributed by atoms with Crippen molar-refractivity contribution < 1.29 is 9.53 Å². The van der Waals surface area contributed by atoms with Crippen LogP contribution in [0.25, 0.3) is 0 Å². The van der Waals surface area contributed by atoms with Crippen LogP contribution in [0.15, 0.2) is 12.2 Å². The van der Waals surface area contributed by atoms with Crippen molar-refractivity contribution >= 4 is 5.97 Å². The van der Waals surface area contributed by atoms with Crippen molar-refractivity contribution in [2.45, 2.75) is 168 Å². The zero-order chi connectivity index (χ0) is 23.4. The molecule has 0 amide bonds. The Morgan fingerprint density at radius 3 is 1.38 bits per heavy atom. The van der Waals surface area contributed by atoms with Crippen LogP contribution in [0.4, 0.5) is 0 Å². The van der Waals surface area contributed by atoms with E-state index >= 15 is 0 Å². The highest BCUT2D eigenvalue weighted by molar-refractivity contribution is 5.69. The largest absolute Gasteiger partial charge is 0.466 e. The van der Waals surface area contributed by atoms with Gasteiger partial charge in [0.05, 0.1) is 6.61 Å². The van der Waals surface area contributed by atoms with E-state index in [1.165, 1.54) is 135 Å². The zero-order valence-corrected chi connectivity index (χ0v) is 22.1. The summed E-state index contributed by atoms with van der Waals surface area (Å²) >= 11 is 0. The number of unbranched alkanes of at least 4 members (excludes halogenated alkanes) is 20. The lowest BCUT2D eigenvalue weighted by molar-refractivity contribution is -0.143. The second kappa shape index (κ2) is 28.2. The number of esters is 1. The Hall–Kier alpha value is -0.790. The van der Waals surface area contributed by atoms with Gasteiger partial charge in [-0.05, 0) is 38.5 Å². The van der Waals surface area contributed by atoms with Crippen LogP contribution >= 0.6 is 0 Å². The van der Waals surface area contributed by atoms with Gasteiger partial charge >= 0.3 is 5.97 Å². The van der Waals surface area contributed by atoms with Gasteiger partial charge in [-0.25, -0.2) is 0 Å². The van der Waals surface area contributed by atoms with Gasteiger partial charge in [-0.15, -0.1) is 0 Å². The molecule has 0 spiro atoms. The summed E-state index contributed by atoms with van der Waals surface area (Å²) in [7, 11) is 0. The highest BCUT2D eigenvalue weighted by Crippen LogP contribution is 2.12. The third-order valence-corrected chi connectivity index (χ3v) is 6.40. The summed E-state index contributed by atoms with van der Waals surface area (Å²) in [5.41, 5.74) is 0. The van der Waals surface area contributed by atoms with Gasteiger partial charge in [0.2, 0.25) is 0 Å². The highest BCUT2D eigenvalue weighted by Gasteiger charge is 2.02. The molecule has 190 valence electrons. The Labute approximate surface area is 202 Å². The Kier molecular flexibility index (Phi) is 27.5. The van der Waals surface area contributed by atoms with E-state index in [1.807, 2.05) is 0 Å². The fourth-order valence-electron chi connectivity index (χ4n) is 4.19. The van der Waals surface area contributed by atoms with Crippen LogP contribution in [0.1, 0.15) is 168 Å². The Balaban J connectivity index is 3.18. The van der Waals surface area contributed by atoms with Crippen LogP contribution in [0.3, 0.4) is 0 Å². The van der Waals surface area contributed by atoms with Gasteiger partial charge in [0, 0.05) is 6.42 Å². The molecule has 2 heteroatoms. The summed E-state index contributed by atoms with van der Waals surface area (Å²) in [4.78, 5) is 11.8. The lowest BCUT2D eigenvalue weighted by Gasteiger charge is -2.05. The van der Waals surface area contributed by atoms with E-state index < -0.39 is 0 Å². The standard InChI is InChI=1S/C30H58O2/c1-3-5-7-9-11-13-15-16-17-18-19-20-22-24-26-28-30(31)32-29-27-25-23-21-14-12-10-8-6-4-2/h13,15H,3-12,14,16-29H2,1-2H3. The molecule has 0 aromatic heterocycles. The molecule has 0 atom stereocenters. The van der Waals surface area contributed by atoms with Gasteiger partial charge < -0.3 is 4.74 Å². The molecule has 0 radical (unpaired) electrons. The molecule has 0 rings (SSSR count). The molecule has 2 nitrogen and oxygen atoms in total. The lowest BCUT2D eigenvalue weighted by atomic mass is 10.1. The minimum absolute atomic E-state index is 0.0161. The van der Waals surface area contributed by atoms with E-state index in [2.05, 4.69) is 26.0 Å². The van der Waals surface area contributed by atoms with E-state index in [0.717, 1.165) is 12.8 Å². The lowest BCUT2D eigenvalue weighted by Crippen LogP contribution is -2.05. The predicted octanol–water partition coefficient (Wildman–Crippen LogP) is 10.5. The van der Waals surface area contributed by atoms with Crippen molar-refractivity contribution in [1.82, 2.24) is 0 Å². The topological polar surface area (TPSA) is 26.3 Å². The number of hydrogen-bond donors (Lipinski definition) is 0. The predicted molar refractivity (Wildman–Crippen MR) is 142 cm³/mol. The molecule has 0 aromatic rings. The number of carbonyl (C=O) groups is 1. The zero-order valence-electron chi connectivity index (χ0n) is 22.1. The van der Waals surface area contributed by atoms with Crippen molar-refractivity contribution in [3.63, 3.8) is 0 Å². The minimum Gasteiger partial charge on any atom is -0.466 e. The van der Waals surface area contributed by atoms with E-state index in [4.69, 9.17) is 4.74 Å². The van der Waals surface area contributed by atoms with Crippen LogP contribution in [-0.2, 0) is 9.53 Å². The molecule has 0 saturated heterocycles. The maximum atomic E-state index is 11.8. The van der Waals surface area contributed by atoms with E-state index in [1.54, 1.807) is 0 Å². The Morgan fingerprint density at radius 2 is 0.875 bits per heavy atom. The number of carbonyl (C=O) groups excluding carboxylic acids is 1. The molecule has 0 unspecified atom stereocenters. The van der Waals surface area contributed by atoms with Crippen molar-refractivity contribution in [2.75, 3.05) is 6.61 Å². The second-order valence-corrected chi connectivity index (χ2v) is 9.74. The first-order chi connectivity index (χ1) is 15.8. The maximum absolute atomic E-state index is 11.8. The van der Waals surface area contributed by atoms with Crippen LogP contribution in [-0.4, -0.2) is 12.6 Å². The van der Waals surface area contributed by atoms with Crippen molar-refractivity contribution in [1.29, 1.82) is 0 Å². The van der Waals surface area contributed by atoms with Crippen LogP contribution < -0.4 is 0 Å². The van der Waals surface area contributed by atoms with Crippen molar-refractivity contribution in [3.8, 4) is 0 Å². The highest BCUT2D eigenvalue weighted by atomic mass is 16.5. The number of hydrogen-bond acceptors (Lipinski definition) is 2. The third-order valence-electron chi connectivity index (χ3n) is 6.40. The number of rotatable bonds is 26. The molecule has 0 bridgehead atoms. The summed E-state index contributed by atoms with van der Waals surface area (Å²) in [5, 5.41) is 0. The SMILES string of the molecule is CCCCCCC=CCCCCCCCCCC(=O)OCCCCCCCCCCCC.